The molecule has 0 saturated carbocycles. The Labute approximate surface area is 164 Å². The zero-order chi connectivity index (χ0) is 20.5. The van der Waals surface area contributed by atoms with Gasteiger partial charge in [0.1, 0.15) is 5.60 Å². The molecule has 0 fully saturated rings. The van der Waals surface area contributed by atoms with Crippen LogP contribution < -0.4 is 0 Å². The maximum absolute atomic E-state index is 12.0. The van der Waals surface area contributed by atoms with Crippen LogP contribution in [0.2, 0.25) is 0 Å². The number of carbonyl (C=O) groups is 1. The lowest BCUT2D eigenvalue weighted by Crippen LogP contribution is -2.34. The monoisotopic (exact) mass is 399 g/mol. The summed E-state index contributed by atoms with van der Waals surface area (Å²) in [7, 11) is -1.93. The second-order valence-corrected chi connectivity index (χ2v) is 9.37. The third-order valence-corrected chi connectivity index (χ3v) is 5.22. The Morgan fingerprint density at radius 2 is 1.56 bits per heavy atom. The Bertz CT molecular complexity index is 677. The Kier molecular flexibility index (Phi) is 9.26. The highest BCUT2D eigenvalue weighted by molar-refractivity contribution is 7.86. The molecule has 0 aromatic heterocycles. The lowest BCUT2D eigenvalue weighted by Gasteiger charge is -2.24. The summed E-state index contributed by atoms with van der Waals surface area (Å²) in [5.41, 5.74) is 0.524. The highest BCUT2D eigenvalue weighted by Crippen LogP contribution is 2.14. The van der Waals surface area contributed by atoms with Gasteiger partial charge in [0.2, 0.25) is 0 Å². The molecule has 154 valence electrons. The SMILES string of the molecule is Cc1ccc(S(=O)(=O)OCCCCCCCN(C)C(=O)OC(C)(C)C)cc1. The molecule has 6 nitrogen and oxygen atoms in total. The van der Waals surface area contributed by atoms with Crippen LogP contribution in [-0.4, -0.2) is 45.2 Å². The van der Waals surface area contributed by atoms with E-state index in [9.17, 15) is 13.2 Å². The van der Waals surface area contributed by atoms with Crippen LogP contribution in [0.25, 0.3) is 0 Å². The predicted molar refractivity (Wildman–Crippen MR) is 106 cm³/mol. The zero-order valence-electron chi connectivity index (χ0n) is 17.2. The lowest BCUT2D eigenvalue weighted by atomic mass is 10.1. The first-order valence-electron chi connectivity index (χ1n) is 9.41. The number of nitrogens with zero attached hydrogens (tertiary/aromatic N) is 1. The molecular formula is C20H33NO5S. The number of rotatable bonds is 10. The number of amides is 1. The smallest absolute Gasteiger partial charge is 0.410 e. The Balaban J connectivity index is 2.14. The van der Waals surface area contributed by atoms with Crippen molar-refractivity contribution in [3.05, 3.63) is 29.8 Å². The molecular weight excluding hydrogens is 366 g/mol. The fourth-order valence-corrected chi connectivity index (χ4v) is 3.30. The van der Waals surface area contributed by atoms with E-state index < -0.39 is 15.7 Å². The van der Waals surface area contributed by atoms with Crippen molar-refractivity contribution in [1.29, 1.82) is 0 Å². The van der Waals surface area contributed by atoms with Gasteiger partial charge >= 0.3 is 6.09 Å². The van der Waals surface area contributed by atoms with Crippen molar-refractivity contribution in [2.45, 2.75) is 70.3 Å². The van der Waals surface area contributed by atoms with Crippen LogP contribution in [0, 0.1) is 6.92 Å². The topological polar surface area (TPSA) is 72.9 Å². The largest absolute Gasteiger partial charge is 0.444 e. The van der Waals surface area contributed by atoms with Crippen LogP contribution >= 0.6 is 0 Å². The van der Waals surface area contributed by atoms with Crippen molar-refractivity contribution in [3.63, 3.8) is 0 Å². The molecule has 0 bridgehead atoms. The van der Waals surface area contributed by atoms with Gasteiger partial charge in [0, 0.05) is 13.6 Å². The Hall–Kier alpha value is -1.60. The zero-order valence-corrected chi connectivity index (χ0v) is 18.0. The number of ether oxygens (including phenoxy) is 1. The summed E-state index contributed by atoms with van der Waals surface area (Å²) < 4.78 is 34.5. The van der Waals surface area contributed by atoms with Crippen LogP contribution in [0.4, 0.5) is 4.79 Å². The standard InChI is InChI=1S/C20H33NO5S/c1-17-11-13-18(14-12-17)27(23,24)25-16-10-8-6-7-9-15-21(5)19(22)26-20(2,3)4/h11-14H,6-10,15-16H2,1-5H3. The fourth-order valence-electron chi connectivity index (χ4n) is 2.35. The van der Waals surface area contributed by atoms with Gasteiger partial charge in [-0.2, -0.15) is 8.42 Å². The Morgan fingerprint density at radius 1 is 1.00 bits per heavy atom. The van der Waals surface area contributed by atoms with Crippen molar-refractivity contribution in [2.75, 3.05) is 20.2 Å². The van der Waals surface area contributed by atoms with E-state index in [1.54, 1.807) is 36.2 Å². The van der Waals surface area contributed by atoms with Crippen LogP contribution in [-0.2, 0) is 19.0 Å². The van der Waals surface area contributed by atoms with Crippen molar-refractivity contribution in [3.8, 4) is 0 Å². The van der Waals surface area contributed by atoms with E-state index in [1.165, 1.54) is 0 Å². The summed E-state index contributed by atoms with van der Waals surface area (Å²) in [6.07, 6.45) is 4.09. The number of aryl methyl sites for hydroxylation is 1. The van der Waals surface area contributed by atoms with Gasteiger partial charge in [-0.3, -0.25) is 4.18 Å². The highest BCUT2D eigenvalue weighted by atomic mass is 32.2. The number of hydrogen-bond acceptors (Lipinski definition) is 5. The molecule has 0 aliphatic heterocycles. The molecule has 1 aromatic carbocycles. The van der Waals surface area contributed by atoms with E-state index in [1.807, 2.05) is 27.7 Å². The van der Waals surface area contributed by atoms with Crippen molar-refractivity contribution >= 4 is 16.2 Å². The number of unbranched alkanes of at least 4 members (excludes halogenated alkanes) is 4. The van der Waals surface area contributed by atoms with E-state index >= 15 is 0 Å². The normalized spacial score (nSPS) is 12.0. The molecule has 0 heterocycles. The van der Waals surface area contributed by atoms with E-state index in [0.717, 1.165) is 31.2 Å². The van der Waals surface area contributed by atoms with Gasteiger partial charge in [0.15, 0.2) is 0 Å². The minimum absolute atomic E-state index is 0.189. The average Bonchev–Trinajstić information content (AvgIpc) is 2.55. The minimum Gasteiger partial charge on any atom is -0.444 e. The molecule has 27 heavy (non-hydrogen) atoms. The molecule has 0 saturated heterocycles. The van der Waals surface area contributed by atoms with Gasteiger partial charge in [-0.25, -0.2) is 4.79 Å². The average molecular weight is 400 g/mol. The molecule has 0 unspecified atom stereocenters. The summed E-state index contributed by atoms with van der Waals surface area (Å²) in [5.74, 6) is 0. The number of benzene rings is 1. The van der Waals surface area contributed by atoms with Gasteiger partial charge < -0.3 is 9.64 Å². The van der Waals surface area contributed by atoms with E-state index in [0.29, 0.717) is 13.0 Å². The van der Waals surface area contributed by atoms with E-state index in [-0.39, 0.29) is 17.6 Å². The number of carbonyl (C=O) groups excluding carboxylic acids is 1. The molecule has 0 aliphatic carbocycles. The third-order valence-electron chi connectivity index (χ3n) is 3.89. The maximum atomic E-state index is 12.0. The van der Waals surface area contributed by atoms with Gasteiger partial charge in [-0.15, -0.1) is 0 Å². The quantitative estimate of drug-likeness (QED) is 0.427. The second kappa shape index (κ2) is 10.7. The van der Waals surface area contributed by atoms with E-state index in [4.69, 9.17) is 8.92 Å². The highest BCUT2D eigenvalue weighted by Gasteiger charge is 2.19. The maximum Gasteiger partial charge on any atom is 0.410 e. The van der Waals surface area contributed by atoms with Gasteiger partial charge in [-0.05, 0) is 52.7 Å². The van der Waals surface area contributed by atoms with Crippen LogP contribution in [0.15, 0.2) is 29.2 Å². The van der Waals surface area contributed by atoms with Crippen molar-refractivity contribution < 1.29 is 22.1 Å². The molecule has 0 atom stereocenters. The summed E-state index contributed by atoms with van der Waals surface area (Å²) in [5, 5.41) is 0. The fraction of sp³-hybridized carbons (Fsp3) is 0.650. The van der Waals surface area contributed by atoms with Gasteiger partial charge in [-0.1, -0.05) is 37.0 Å². The first kappa shape index (κ1) is 23.4. The summed E-state index contributed by atoms with van der Waals surface area (Å²) >= 11 is 0. The van der Waals surface area contributed by atoms with Crippen LogP contribution in [0.3, 0.4) is 0 Å². The predicted octanol–water partition coefficient (Wildman–Crippen LogP) is 4.52. The third kappa shape index (κ3) is 9.77. The Morgan fingerprint density at radius 3 is 2.15 bits per heavy atom. The summed E-state index contributed by atoms with van der Waals surface area (Å²) in [6, 6.07) is 6.63. The molecule has 1 aromatic rings. The summed E-state index contributed by atoms with van der Waals surface area (Å²) in [6.45, 7) is 8.28. The van der Waals surface area contributed by atoms with Crippen LogP contribution in [0.5, 0.6) is 0 Å². The molecule has 0 N–H and O–H groups in total. The molecule has 1 rings (SSSR count). The number of hydrogen-bond donors (Lipinski definition) is 0. The van der Waals surface area contributed by atoms with Crippen LogP contribution in [0.1, 0.15) is 58.4 Å². The second-order valence-electron chi connectivity index (χ2n) is 7.76. The molecule has 0 spiro atoms. The van der Waals surface area contributed by atoms with Gasteiger partial charge in [0.25, 0.3) is 10.1 Å². The molecule has 0 radical (unpaired) electrons. The molecule has 1 amide bonds. The van der Waals surface area contributed by atoms with Crippen molar-refractivity contribution in [2.24, 2.45) is 0 Å². The summed E-state index contributed by atoms with van der Waals surface area (Å²) in [4.78, 5) is 13.6. The van der Waals surface area contributed by atoms with Crippen molar-refractivity contribution in [1.82, 2.24) is 4.90 Å². The van der Waals surface area contributed by atoms with E-state index in [2.05, 4.69) is 0 Å². The lowest BCUT2D eigenvalue weighted by molar-refractivity contribution is 0.0296. The minimum atomic E-state index is -3.67. The van der Waals surface area contributed by atoms with Gasteiger partial charge in [0.05, 0.1) is 11.5 Å². The molecule has 0 aliphatic rings. The molecule has 7 heteroatoms. The first-order chi connectivity index (χ1) is 12.5. The first-order valence-corrected chi connectivity index (χ1v) is 10.8.